The second-order valence-electron chi connectivity index (χ2n) is 5.67. The Morgan fingerprint density at radius 1 is 1.58 bits per heavy atom. The average Bonchev–Trinajstić information content (AvgIpc) is 2.68. The normalized spacial score (nSPS) is 27.3. The maximum absolute atomic E-state index is 12.4. The zero-order valence-electron chi connectivity index (χ0n) is 12.0. The summed E-state index contributed by atoms with van der Waals surface area (Å²) in [5, 5.41) is 3.66. The van der Waals surface area contributed by atoms with Gasteiger partial charge in [0.2, 0.25) is 5.91 Å². The average molecular weight is 281 g/mol. The predicted molar refractivity (Wildman–Crippen MR) is 79.4 cm³/mol. The van der Waals surface area contributed by atoms with Crippen molar-refractivity contribution in [1.29, 1.82) is 0 Å². The minimum absolute atomic E-state index is 0.0288. The number of nitrogens with one attached hydrogen (secondary N) is 1. The summed E-state index contributed by atoms with van der Waals surface area (Å²) in [5.74, 6) is -0.0726. The Morgan fingerprint density at radius 2 is 2.32 bits per heavy atom. The summed E-state index contributed by atoms with van der Waals surface area (Å²) in [6.07, 6.45) is 4.90. The van der Waals surface area contributed by atoms with E-state index in [4.69, 9.17) is 5.73 Å². The van der Waals surface area contributed by atoms with Crippen LogP contribution in [0.25, 0.3) is 0 Å². The third-order valence-electron chi connectivity index (χ3n) is 4.03. The number of hydrogen-bond acceptors (Lipinski definition) is 4. The largest absolute Gasteiger partial charge is 0.325 e. The van der Waals surface area contributed by atoms with Gasteiger partial charge in [0.25, 0.3) is 0 Å². The zero-order valence-corrected chi connectivity index (χ0v) is 12.8. The molecule has 2 atom stereocenters. The predicted octanol–water partition coefficient (Wildman–Crippen LogP) is 2.86. The Balaban J connectivity index is 2.07. The van der Waals surface area contributed by atoms with Gasteiger partial charge in [0, 0.05) is 10.4 Å². The molecule has 1 amide bonds. The molecule has 1 aliphatic carbocycles. The number of rotatable bonds is 3. The summed E-state index contributed by atoms with van der Waals surface area (Å²) in [6.45, 7) is 6.10. The van der Waals surface area contributed by atoms with Crippen molar-refractivity contribution in [2.24, 2.45) is 11.7 Å². The van der Waals surface area contributed by atoms with E-state index in [1.54, 1.807) is 11.3 Å². The number of thiazole rings is 1. The summed E-state index contributed by atoms with van der Waals surface area (Å²) in [4.78, 5) is 18.0. The third kappa shape index (κ3) is 3.15. The van der Waals surface area contributed by atoms with Crippen molar-refractivity contribution in [2.75, 3.05) is 5.32 Å². The van der Waals surface area contributed by atoms with E-state index in [-0.39, 0.29) is 17.4 Å². The Hall–Kier alpha value is -0.940. The van der Waals surface area contributed by atoms with Crippen molar-refractivity contribution in [1.82, 2.24) is 4.98 Å². The minimum atomic E-state index is -0.387. The monoisotopic (exact) mass is 281 g/mol. The highest BCUT2D eigenvalue weighted by molar-refractivity contribution is 7.15. The molecule has 1 saturated carbocycles. The second kappa shape index (κ2) is 5.59. The van der Waals surface area contributed by atoms with E-state index in [0.29, 0.717) is 5.13 Å². The number of anilines is 1. The van der Waals surface area contributed by atoms with E-state index in [0.717, 1.165) is 37.8 Å². The Bertz CT molecular complexity index is 467. The highest BCUT2D eigenvalue weighted by Crippen LogP contribution is 2.33. The van der Waals surface area contributed by atoms with Gasteiger partial charge in [-0.15, -0.1) is 11.3 Å². The molecule has 0 aliphatic heterocycles. The first-order valence-corrected chi connectivity index (χ1v) is 7.81. The Morgan fingerprint density at radius 3 is 2.89 bits per heavy atom. The van der Waals surface area contributed by atoms with Crippen LogP contribution in [0, 0.1) is 12.8 Å². The summed E-state index contributed by atoms with van der Waals surface area (Å²) in [6, 6.07) is 0. The Kier molecular flexibility index (Phi) is 4.26. The van der Waals surface area contributed by atoms with Crippen LogP contribution < -0.4 is 11.1 Å². The molecule has 4 nitrogen and oxygen atoms in total. The van der Waals surface area contributed by atoms with Crippen LogP contribution in [0.4, 0.5) is 5.13 Å². The van der Waals surface area contributed by atoms with Gasteiger partial charge in [0.05, 0.1) is 11.6 Å². The zero-order chi connectivity index (χ0) is 14.0. The fourth-order valence-corrected chi connectivity index (χ4v) is 3.70. The van der Waals surface area contributed by atoms with Crippen molar-refractivity contribution >= 4 is 22.4 Å². The number of amides is 1. The number of nitrogens with two attached hydrogens (primary N) is 1. The lowest BCUT2D eigenvalue weighted by Crippen LogP contribution is -2.51. The molecule has 0 aromatic carbocycles. The number of hydrogen-bond donors (Lipinski definition) is 2. The van der Waals surface area contributed by atoms with E-state index >= 15 is 0 Å². The van der Waals surface area contributed by atoms with Crippen LogP contribution in [0.5, 0.6) is 0 Å². The number of aryl methyl sites for hydroxylation is 2. The molecule has 0 radical (unpaired) electrons. The molecule has 0 spiro atoms. The highest BCUT2D eigenvalue weighted by Gasteiger charge is 2.38. The van der Waals surface area contributed by atoms with Gasteiger partial charge in [-0.2, -0.15) is 0 Å². The smallest absolute Gasteiger partial charge is 0.231 e. The molecule has 0 saturated heterocycles. The molecule has 0 bridgehead atoms. The molecule has 19 heavy (non-hydrogen) atoms. The molecule has 5 heteroatoms. The van der Waals surface area contributed by atoms with Crippen molar-refractivity contribution in [3.8, 4) is 0 Å². The highest BCUT2D eigenvalue weighted by atomic mass is 32.1. The molecular weight excluding hydrogens is 258 g/mol. The molecule has 1 fully saturated rings. The summed E-state index contributed by atoms with van der Waals surface area (Å²) in [5.41, 5.74) is 6.94. The Labute approximate surface area is 118 Å². The SMILES string of the molecule is CCc1nc(NC(=O)C2CCCCC2(C)N)sc1C. The number of carbonyl (C=O) groups is 1. The van der Waals surface area contributed by atoms with Gasteiger partial charge in [-0.1, -0.05) is 19.8 Å². The fourth-order valence-electron chi connectivity index (χ4n) is 2.79. The number of aromatic nitrogens is 1. The molecule has 106 valence electrons. The van der Waals surface area contributed by atoms with E-state index in [9.17, 15) is 4.79 Å². The van der Waals surface area contributed by atoms with Crippen LogP contribution in [-0.4, -0.2) is 16.4 Å². The quantitative estimate of drug-likeness (QED) is 0.895. The van der Waals surface area contributed by atoms with Crippen LogP contribution in [0.2, 0.25) is 0 Å². The van der Waals surface area contributed by atoms with Crippen molar-refractivity contribution < 1.29 is 4.79 Å². The molecule has 3 N–H and O–H groups in total. The summed E-state index contributed by atoms with van der Waals surface area (Å²) >= 11 is 1.55. The van der Waals surface area contributed by atoms with Crippen molar-refractivity contribution in [2.45, 2.75) is 58.4 Å². The molecule has 2 unspecified atom stereocenters. The molecule has 1 aliphatic rings. The molecule has 1 heterocycles. The number of carbonyl (C=O) groups excluding carboxylic acids is 1. The fraction of sp³-hybridized carbons (Fsp3) is 0.714. The molecule has 1 aromatic heterocycles. The molecule has 1 aromatic rings. The summed E-state index contributed by atoms with van der Waals surface area (Å²) in [7, 11) is 0. The van der Waals surface area contributed by atoms with Crippen LogP contribution in [0.3, 0.4) is 0 Å². The number of nitrogens with zero attached hydrogens (tertiary/aromatic N) is 1. The third-order valence-corrected chi connectivity index (χ3v) is 4.96. The maximum atomic E-state index is 12.4. The van der Waals surface area contributed by atoms with Crippen molar-refractivity contribution in [3.63, 3.8) is 0 Å². The standard InChI is InChI=1S/C14H23N3OS/c1-4-11-9(2)19-13(16-11)17-12(18)10-7-5-6-8-14(10,3)15/h10H,4-8,15H2,1-3H3,(H,16,17,18). The van der Waals surface area contributed by atoms with Crippen molar-refractivity contribution in [3.05, 3.63) is 10.6 Å². The minimum Gasteiger partial charge on any atom is -0.325 e. The lowest BCUT2D eigenvalue weighted by molar-refractivity contribution is -0.122. The van der Waals surface area contributed by atoms with Crippen LogP contribution >= 0.6 is 11.3 Å². The van der Waals surface area contributed by atoms with Gasteiger partial charge in [0.15, 0.2) is 5.13 Å². The van der Waals surface area contributed by atoms with Gasteiger partial charge in [-0.3, -0.25) is 4.79 Å². The van der Waals surface area contributed by atoms with E-state index < -0.39 is 0 Å². The van der Waals surface area contributed by atoms with E-state index in [1.165, 1.54) is 4.88 Å². The topological polar surface area (TPSA) is 68.0 Å². The van der Waals surface area contributed by atoms with Crippen LogP contribution in [-0.2, 0) is 11.2 Å². The maximum Gasteiger partial charge on any atom is 0.231 e. The van der Waals surface area contributed by atoms with Crippen LogP contribution in [0.1, 0.15) is 50.1 Å². The van der Waals surface area contributed by atoms with Crippen LogP contribution in [0.15, 0.2) is 0 Å². The first kappa shape index (κ1) is 14.5. The van der Waals surface area contributed by atoms with Gasteiger partial charge in [0.1, 0.15) is 0 Å². The molecular formula is C14H23N3OS. The van der Waals surface area contributed by atoms with Gasteiger partial charge in [-0.05, 0) is 33.1 Å². The first-order chi connectivity index (χ1) is 8.94. The first-order valence-electron chi connectivity index (χ1n) is 7.00. The molecule has 2 rings (SSSR count). The van der Waals surface area contributed by atoms with Gasteiger partial charge >= 0.3 is 0 Å². The van der Waals surface area contributed by atoms with Gasteiger partial charge < -0.3 is 11.1 Å². The summed E-state index contributed by atoms with van der Waals surface area (Å²) < 4.78 is 0. The lowest BCUT2D eigenvalue weighted by atomic mass is 9.74. The van der Waals surface area contributed by atoms with E-state index in [2.05, 4.69) is 17.2 Å². The van der Waals surface area contributed by atoms with E-state index in [1.807, 2.05) is 13.8 Å². The second-order valence-corrected chi connectivity index (χ2v) is 6.87. The van der Waals surface area contributed by atoms with Gasteiger partial charge in [-0.25, -0.2) is 4.98 Å². The lowest BCUT2D eigenvalue weighted by Gasteiger charge is -2.36.